The molecule has 0 saturated heterocycles. The Morgan fingerprint density at radius 2 is 0.759 bits per heavy atom. The molecule has 6 heteroatoms. The fraction of sp³-hybridized carbons (Fsp3) is 0.979. The summed E-state index contributed by atoms with van der Waals surface area (Å²) in [5.74, 6) is -0.127. The van der Waals surface area contributed by atoms with Crippen molar-refractivity contribution < 1.29 is 28.5 Å². The predicted molar refractivity (Wildman–Crippen MR) is 232 cm³/mol. The van der Waals surface area contributed by atoms with Crippen molar-refractivity contribution in [3.05, 3.63) is 0 Å². The number of carbonyl (C=O) groups excluding carboxylic acids is 1. The van der Waals surface area contributed by atoms with Crippen LogP contribution in [-0.2, 0) is 28.5 Å². The molecule has 0 saturated carbocycles. The highest BCUT2D eigenvalue weighted by atomic mass is 16.5. The van der Waals surface area contributed by atoms with Gasteiger partial charge in [-0.05, 0) is 25.7 Å². The maximum absolute atomic E-state index is 12.3. The molecule has 0 rings (SSSR count). The third-order valence-corrected chi connectivity index (χ3v) is 10.9. The molecule has 0 aliphatic rings. The third-order valence-electron chi connectivity index (χ3n) is 10.9. The van der Waals surface area contributed by atoms with Crippen LogP contribution in [0.4, 0.5) is 0 Å². The summed E-state index contributed by atoms with van der Waals surface area (Å²) < 4.78 is 28.4. The largest absolute Gasteiger partial charge is 0.466 e. The molecule has 0 spiro atoms. The highest BCUT2D eigenvalue weighted by Gasteiger charge is 2.12. The normalized spacial score (nSPS) is 12.1. The van der Waals surface area contributed by atoms with Crippen molar-refractivity contribution in [3.63, 3.8) is 0 Å². The SMILES string of the molecule is CCCCCCCCCCCCCCCCCCOCC(CCOC(=O)CCCCOCCOC)OCCCCCCCCCCCCCCCCCC. The third kappa shape index (κ3) is 45.7. The Morgan fingerprint density at radius 3 is 1.19 bits per heavy atom. The Morgan fingerprint density at radius 1 is 0.389 bits per heavy atom. The first-order valence-corrected chi connectivity index (χ1v) is 24.2. The summed E-state index contributed by atoms with van der Waals surface area (Å²) in [6.45, 7) is 9.00. The lowest BCUT2D eigenvalue weighted by Crippen LogP contribution is -2.23. The van der Waals surface area contributed by atoms with Gasteiger partial charge in [-0.25, -0.2) is 0 Å². The summed E-state index contributed by atoms with van der Waals surface area (Å²) in [5, 5.41) is 0. The van der Waals surface area contributed by atoms with Crippen LogP contribution in [0.25, 0.3) is 0 Å². The van der Waals surface area contributed by atoms with Crippen molar-refractivity contribution in [2.24, 2.45) is 0 Å². The number of methoxy groups -OCH3 is 1. The second-order valence-electron chi connectivity index (χ2n) is 16.2. The van der Waals surface area contributed by atoms with Gasteiger partial charge in [0.05, 0.1) is 32.5 Å². The molecule has 324 valence electrons. The first-order valence-electron chi connectivity index (χ1n) is 24.2. The van der Waals surface area contributed by atoms with Crippen LogP contribution in [0.15, 0.2) is 0 Å². The van der Waals surface area contributed by atoms with Crippen LogP contribution in [0.3, 0.4) is 0 Å². The highest BCUT2D eigenvalue weighted by molar-refractivity contribution is 5.69. The van der Waals surface area contributed by atoms with Crippen LogP contribution in [0, 0.1) is 0 Å². The van der Waals surface area contributed by atoms with Crippen molar-refractivity contribution in [2.75, 3.05) is 53.4 Å². The molecule has 1 unspecified atom stereocenters. The van der Waals surface area contributed by atoms with Gasteiger partial charge in [0, 0.05) is 39.8 Å². The first-order chi connectivity index (χ1) is 26.7. The van der Waals surface area contributed by atoms with Gasteiger partial charge in [-0.1, -0.05) is 206 Å². The molecule has 54 heavy (non-hydrogen) atoms. The van der Waals surface area contributed by atoms with Crippen LogP contribution >= 0.6 is 0 Å². The van der Waals surface area contributed by atoms with Crippen LogP contribution in [0.5, 0.6) is 0 Å². The van der Waals surface area contributed by atoms with Gasteiger partial charge >= 0.3 is 5.97 Å². The van der Waals surface area contributed by atoms with Crippen molar-refractivity contribution in [1.82, 2.24) is 0 Å². The van der Waals surface area contributed by atoms with Crippen molar-refractivity contribution >= 4 is 5.97 Å². The van der Waals surface area contributed by atoms with E-state index >= 15 is 0 Å². The van der Waals surface area contributed by atoms with E-state index in [2.05, 4.69) is 13.8 Å². The lowest BCUT2D eigenvalue weighted by atomic mass is 10.0. The summed E-state index contributed by atoms with van der Waals surface area (Å²) in [6, 6.07) is 0. The van der Waals surface area contributed by atoms with E-state index in [1.165, 1.54) is 193 Å². The summed E-state index contributed by atoms with van der Waals surface area (Å²) in [5.41, 5.74) is 0. The number of carbonyl (C=O) groups is 1. The number of rotatable bonds is 48. The first kappa shape index (κ1) is 53.3. The number of hydrogen-bond donors (Lipinski definition) is 0. The van der Waals surface area contributed by atoms with Gasteiger partial charge in [0.25, 0.3) is 0 Å². The molecule has 0 aromatic rings. The Labute approximate surface area is 338 Å². The van der Waals surface area contributed by atoms with E-state index in [-0.39, 0.29) is 12.1 Å². The monoisotopic (exact) mass is 769 g/mol. The van der Waals surface area contributed by atoms with E-state index < -0.39 is 0 Å². The molecule has 0 aromatic carbocycles. The Hall–Kier alpha value is -0.690. The van der Waals surface area contributed by atoms with Crippen LogP contribution in [0.2, 0.25) is 0 Å². The average molecular weight is 769 g/mol. The lowest BCUT2D eigenvalue weighted by Gasteiger charge is -2.18. The molecule has 0 aliphatic carbocycles. The lowest BCUT2D eigenvalue weighted by molar-refractivity contribution is -0.145. The maximum atomic E-state index is 12.3. The van der Waals surface area contributed by atoms with Crippen molar-refractivity contribution in [1.29, 1.82) is 0 Å². The Kier molecular flexibility index (Phi) is 47.8. The van der Waals surface area contributed by atoms with Gasteiger partial charge < -0.3 is 23.7 Å². The fourth-order valence-electron chi connectivity index (χ4n) is 7.18. The summed E-state index contributed by atoms with van der Waals surface area (Å²) in [6.07, 6.45) is 46.8. The van der Waals surface area contributed by atoms with Gasteiger partial charge in [0.15, 0.2) is 0 Å². The second-order valence-corrected chi connectivity index (χ2v) is 16.2. The van der Waals surface area contributed by atoms with Crippen LogP contribution in [-0.4, -0.2) is 65.4 Å². The van der Waals surface area contributed by atoms with Crippen molar-refractivity contribution in [3.8, 4) is 0 Å². The molecule has 0 amide bonds. The highest BCUT2D eigenvalue weighted by Crippen LogP contribution is 2.16. The zero-order chi connectivity index (χ0) is 39.1. The zero-order valence-corrected chi connectivity index (χ0v) is 36.9. The topological polar surface area (TPSA) is 63.2 Å². The minimum Gasteiger partial charge on any atom is -0.466 e. The molecule has 0 fully saturated rings. The minimum absolute atomic E-state index is 0.00983. The average Bonchev–Trinajstić information content (AvgIpc) is 3.18. The molecular weight excluding hydrogens is 673 g/mol. The second kappa shape index (κ2) is 48.5. The smallest absolute Gasteiger partial charge is 0.305 e. The predicted octanol–water partition coefficient (Wildman–Crippen LogP) is 14.7. The van der Waals surface area contributed by atoms with Crippen molar-refractivity contribution in [2.45, 2.75) is 251 Å². The molecular formula is C48H96O6. The van der Waals surface area contributed by atoms with E-state index in [4.69, 9.17) is 23.7 Å². The van der Waals surface area contributed by atoms with E-state index in [0.717, 1.165) is 38.9 Å². The molecule has 0 aliphatic heterocycles. The van der Waals surface area contributed by atoms with E-state index in [1.807, 2.05) is 0 Å². The Bertz CT molecular complexity index is 688. The number of esters is 1. The quantitative estimate of drug-likeness (QED) is 0.0454. The summed E-state index contributed by atoms with van der Waals surface area (Å²) in [4.78, 5) is 12.3. The van der Waals surface area contributed by atoms with Crippen LogP contribution < -0.4 is 0 Å². The van der Waals surface area contributed by atoms with Gasteiger partial charge in [0.2, 0.25) is 0 Å². The molecule has 0 N–H and O–H groups in total. The number of ether oxygens (including phenoxy) is 5. The molecule has 0 bridgehead atoms. The maximum Gasteiger partial charge on any atom is 0.305 e. The van der Waals surface area contributed by atoms with Crippen LogP contribution in [0.1, 0.15) is 245 Å². The minimum atomic E-state index is -0.127. The van der Waals surface area contributed by atoms with Gasteiger partial charge in [-0.3, -0.25) is 4.79 Å². The molecule has 1 atom stereocenters. The van der Waals surface area contributed by atoms with E-state index in [9.17, 15) is 4.79 Å². The van der Waals surface area contributed by atoms with Gasteiger partial charge in [-0.15, -0.1) is 0 Å². The number of unbranched alkanes of at least 4 members (excludes halogenated alkanes) is 31. The summed E-state index contributed by atoms with van der Waals surface area (Å²) in [7, 11) is 1.67. The molecule has 6 nitrogen and oxygen atoms in total. The fourth-order valence-corrected chi connectivity index (χ4v) is 7.18. The van der Waals surface area contributed by atoms with Gasteiger partial charge in [0.1, 0.15) is 0 Å². The zero-order valence-electron chi connectivity index (χ0n) is 36.9. The molecule has 0 heterocycles. The molecule has 0 radical (unpaired) electrons. The molecule has 0 aromatic heterocycles. The summed E-state index contributed by atoms with van der Waals surface area (Å²) >= 11 is 0. The van der Waals surface area contributed by atoms with Gasteiger partial charge in [-0.2, -0.15) is 0 Å². The standard InChI is InChI=1S/C48H96O6/c1-4-6-8-10-12-14-16-18-20-22-24-26-28-30-32-35-41-52-46-47(39-43-54-48(49)38-34-37-40-51-45-44-50-3)53-42-36-33-31-29-27-25-23-21-19-17-15-13-11-9-7-5-2/h47H,4-46H2,1-3H3. The number of hydrogen-bond acceptors (Lipinski definition) is 6. The Balaban J connectivity index is 3.98. The van der Waals surface area contributed by atoms with E-state index in [0.29, 0.717) is 45.9 Å². The van der Waals surface area contributed by atoms with E-state index in [1.54, 1.807) is 7.11 Å².